The van der Waals surface area contributed by atoms with Gasteiger partial charge in [0, 0.05) is 5.71 Å². The zero-order chi connectivity index (χ0) is 9.80. The van der Waals surface area contributed by atoms with Crippen LogP contribution in [0.1, 0.15) is 37.2 Å². The summed E-state index contributed by atoms with van der Waals surface area (Å²) in [6.07, 6.45) is 4.52. The lowest BCUT2D eigenvalue weighted by Gasteiger charge is -2.22. The van der Waals surface area contributed by atoms with Crippen LogP contribution < -0.4 is 5.84 Å². The second-order valence-corrected chi connectivity index (χ2v) is 3.88. The Labute approximate surface area is 84.8 Å². The summed E-state index contributed by atoms with van der Waals surface area (Å²) >= 11 is 0. The van der Waals surface area contributed by atoms with Crippen LogP contribution in [-0.4, -0.2) is 5.71 Å². The van der Waals surface area contributed by atoms with Crippen molar-refractivity contribution in [3.8, 4) is 0 Å². The molecule has 0 amide bonds. The van der Waals surface area contributed by atoms with Gasteiger partial charge in [0.15, 0.2) is 0 Å². The van der Waals surface area contributed by atoms with E-state index >= 15 is 0 Å². The van der Waals surface area contributed by atoms with E-state index in [0.29, 0.717) is 5.92 Å². The summed E-state index contributed by atoms with van der Waals surface area (Å²) in [6, 6.07) is 10.7. The fourth-order valence-corrected chi connectivity index (χ4v) is 2.14. The van der Waals surface area contributed by atoms with Crippen LogP contribution in [0.3, 0.4) is 0 Å². The molecule has 1 aliphatic rings. The zero-order valence-corrected chi connectivity index (χ0v) is 8.32. The molecule has 1 aromatic rings. The van der Waals surface area contributed by atoms with Crippen LogP contribution in [0.4, 0.5) is 0 Å². The topological polar surface area (TPSA) is 38.4 Å². The molecule has 2 nitrogen and oxygen atoms in total. The lowest BCUT2D eigenvalue weighted by atomic mass is 9.83. The molecule has 0 bridgehead atoms. The van der Waals surface area contributed by atoms with Gasteiger partial charge in [-0.2, -0.15) is 5.10 Å². The Morgan fingerprint density at radius 2 is 1.71 bits per heavy atom. The SMILES string of the molecule is NN=C1CCC(c2ccccc2)CC1. The van der Waals surface area contributed by atoms with Crippen molar-refractivity contribution in [2.24, 2.45) is 10.9 Å². The largest absolute Gasteiger partial charge is 0.323 e. The van der Waals surface area contributed by atoms with Crippen LogP contribution in [0.25, 0.3) is 0 Å². The number of nitrogens with two attached hydrogens (primary N) is 1. The number of hydrazone groups is 1. The van der Waals surface area contributed by atoms with Gasteiger partial charge in [0.05, 0.1) is 0 Å². The third kappa shape index (κ3) is 1.95. The Bertz CT molecular complexity index is 306. The number of hydrogen-bond acceptors (Lipinski definition) is 2. The van der Waals surface area contributed by atoms with Crippen molar-refractivity contribution in [2.45, 2.75) is 31.6 Å². The lowest BCUT2D eigenvalue weighted by molar-refractivity contribution is 0.565. The number of benzene rings is 1. The monoisotopic (exact) mass is 188 g/mol. The summed E-state index contributed by atoms with van der Waals surface area (Å²) in [4.78, 5) is 0. The maximum Gasteiger partial charge on any atom is 0.0376 e. The summed E-state index contributed by atoms with van der Waals surface area (Å²) in [5.41, 5.74) is 2.64. The van der Waals surface area contributed by atoms with Gasteiger partial charge in [-0.1, -0.05) is 30.3 Å². The summed E-state index contributed by atoms with van der Waals surface area (Å²) < 4.78 is 0. The van der Waals surface area contributed by atoms with Gasteiger partial charge in [-0.3, -0.25) is 0 Å². The predicted octanol–water partition coefficient (Wildman–Crippen LogP) is 2.66. The third-order valence-corrected chi connectivity index (χ3v) is 3.02. The Kier molecular flexibility index (Phi) is 2.82. The van der Waals surface area contributed by atoms with Gasteiger partial charge >= 0.3 is 0 Å². The van der Waals surface area contributed by atoms with Gasteiger partial charge in [0.2, 0.25) is 0 Å². The first-order chi connectivity index (χ1) is 6.90. The molecule has 0 aliphatic heterocycles. The molecule has 2 N–H and O–H groups in total. The molecule has 0 radical (unpaired) electrons. The van der Waals surface area contributed by atoms with Crippen LogP contribution in [0, 0.1) is 0 Å². The molecule has 0 unspecified atom stereocenters. The van der Waals surface area contributed by atoms with Crippen LogP contribution in [0.15, 0.2) is 35.4 Å². The van der Waals surface area contributed by atoms with E-state index in [9.17, 15) is 0 Å². The zero-order valence-electron chi connectivity index (χ0n) is 8.32. The highest BCUT2D eigenvalue weighted by atomic mass is 15.1. The van der Waals surface area contributed by atoms with Crippen molar-refractivity contribution in [1.82, 2.24) is 0 Å². The van der Waals surface area contributed by atoms with Crippen molar-refractivity contribution in [1.29, 1.82) is 0 Å². The standard InChI is InChI=1S/C12H16N2/c13-14-12-8-6-11(7-9-12)10-4-2-1-3-5-10/h1-5,11H,6-9,13H2. The van der Waals surface area contributed by atoms with E-state index < -0.39 is 0 Å². The van der Waals surface area contributed by atoms with E-state index in [2.05, 4.69) is 35.4 Å². The molecule has 74 valence electrons. The van der Waals surface area contributed by atoms with Crippen LogP contribution in [0.2, 0.25) is 0 Å². The van der Waals surface area contributed by atoms with E-state index in [-0.39, 0.29) is 0 Å². The summed E-state index contributed by atoms with van der Waals surface area (Å²) in [5.74, 6) is 5.99. The summed E-state index contributed by atoms with van der Waals surface area (Å²) in [7, 11) is 0. The molecule has 1 saturated carbocycles. The van der Waals surface area contributed by atoms with Gasteiger partial charge in [-0.25, -0.2) is 0 Å². The van der Waals surface area contributed by atoms with Crippen LogP contribution in [0.5, 0.6) is 0 Å². The van der Waals surface area contributed by atoms with Crippen molar-refractivity contribution >= 4 is 5.71 Å². The maximum atomic E-state index is 5.28. The van der Waals surface area contributed by atoms with Gasteiger partial charge in [0.1, 0.15) is 0 Å². The highest BCUT2D eigenvalue weighted by Gasteiger charge is 2.18. The lowest BCUT2D eigenvalue weighted by Crippen LogP contribution is -2.14. The Balaban J connectivity index is 2.03. The second kappa shape index (κ2) is 4.27. The van der Waals surface area contributed by atoms with Crippen molar-refractivity contribution in [2.75, 3.05) is 0 Å². The second-order valence-electron chi connectivity index (χ2n) is 3.88. The first-order valence-electron chi connectivity index (χ1n) is 5.20. The highest BCUT2D eigenvalue weighted by Crippen LogP contribution is 2.31. The van der Waals surface area contributed by atoms with E-state index in [1.165, 1.54) is 24.1 Å². The molecular weight excluding hydrogens is 172 g/mol. The van der Waals surface area contributed by atoms with E-state index in [0.717, 1.165) is 12.8 Å². The number of rotatable bonds is 1. The van der Waals surface area contributed by atoms with Crippen molar-refractivity contribution in [3.63, 3.8) is 0 Å². The normalized spacial score (nSPS) is 22.0. The molecule has 0 saturated heterocycles. The Morgan fingerprint density at radius 1 is 1.07 bits per heavy atom. The maximum absolute atomic E-state index is 5.28. The van der Waals surface area contributed by atoms with Crippen molar-refractivity contribution in [3.05, 3.63) is 35.9 Å². The number of nitrogens with zero attached hydrogens (tertiary/aromatic N) is 1. The molecule has 14 heavy (non-hydrogen) atoms. The van der Waals surface area contributed by atoms with E-state index in [4.69, 9.17) is 5.84 Å². The van der Waals surface area contributed by atoms with Crippen LogP contribution in [-0.2, 0) is 0 Å². The van der Waals surface area contributed by atoms with E-state index in [1.54, 1.807) is 0 Å². The van der Waals surface area contributed by atoms with Crippen LogP contribution >= 0.6 is 0 Å². The summed E-state index contributed by atoms with van der Waals surface area (Å²) in [6.45, 7) is 0. The Morgan fingerprint density at radius 3 is 2.29 bits per heavy atom. The average molecular weight is 188 g/mol. The molecule has 0 atom stereocenters. The quantitative estimate of drug-likeness (QED) is 0.534. The molecule has 1 fully saturated rings. The van der Waals surface area contributed by atoms with Gasteiger partial charge in [0.25, 0.3) is 0 Å². The average Bonchev–Trinajstić information content (AvgIpc) is 2.30. The first kappa shape index (κ1) is 9.25. The molecule has 1 aromatic carbocycles. The first-order valence-corrected chi connectivity index (χ1v) is 5.20. The third-order valence-electron chi connectivity index (χ3n) is 3.02. The molecule has 2 heteroatoms. The van der Waals surface area contributed by atoms with Gasteiger partial charge in [-0.15, -0.1) is 0 Å². The molecule has 2 rings (SSSR count). The minimum absolute atomic E-state index is 0.710. The molecule has 0 aromatic heterocycles. The molecule has 0 spiro atoms. The predicted molar refractivity (Wildman–Crippen MR) is 59.3 cm³/mol. The molecule has 1 aliphatic carbocycles. The molecule has 0 heterocycles. The number of hydrogen-bond donors (Lipinski definition) is 1. The van der Waals surface area contributed by atoms with Gasteiger partial charge in [-0.05, 0) is 37.2 Å². The molecular formula is C12H16N2. The fraction of sp³-hybridized carbons (Fsp3) is 0.417. The smallest absolute Gasteiger partial charge is 0.0376 e. The van der Waals surface area contributed by atoms with Crippen molar-refractivity contribution < 1.29 is 0 Å². The van der Waals surface area contributed by atoms with E-state index in [1.807, 2.05) is 0 Å². The summed E-state index contributed by atoms with van der Waals surface area (Å²) in [5, 5.41) is 3.79. The fourth-order valence-electron chi connectivity index (χ4n) is 2.14. The highest BCUT2D eigenvalue weighted by molar-refractivity contribution is 5.85. The minimum atomic E-state index is 0.710. The minimum Gasteiger partial charge on any atom is -0.323 e. The van der Waals surface area contributed by atoms with Gasteiger partial charge < -0.3 is 5.84 Å². The Hall–Kier alpha value is -1.31.